The monoisotopic (exact) mass is 326 g/mol. The highest BCUT2D eigenvalue weighted by Gasteiger charge is 2.16. The Balaban J connectivity index is 1.52. The predicted octanol–water partition coefficient (Wildman–Crippen LogP) is 2.33. The fourth-order valence-electron chi connectivity index (χ4n) is 2.60. The highest BCUT2D eigenvalue weighted by atomic mass is 32.1. The van der Waals surface area contributed by atoms with Gasteiger partial charge in [-0.05, 0) is 48.6 Å². The number of fused-ring (bicyclic) bond motifs is 1. The first kappa shape index (κ1) is 14.0. The third-order valence-corrected chi connectivity index (χ3v) is 4.56. The van der Waals surface area contributed by atoms with Crippen molar-refractivity contribution in [1.29, 1.82) is 0 Å². The third kappa shape index (κ3) is 2.72. The van der Waals surface area contributed by atoms with Crippen molar-refractivity contribution in [3.63, 3.8) is 0 Å². The molecule has 1 saturated heterocycles. The van der Waals surface area contributed by atoms with Gasteiger partial charge in [-0.25, -0.2) is 4.98 Å². The summed E-state index contributed by atoms with van der Waals surface area (Å²) in [5.41, 5.74) is 0.918. The van der Waals surface area contributed by atoms with Gasteiger partial charge in [0.25, 0.3) is 5.91 Å². The van der Waals surface area contributed by atoms with Crippen molar-refractivity contribution < 1.29 is 4.79 Å². The van der Waals surface area contributed by atoms with E-state index < -0.39 is 0 Å². The molecule has 0 radical (unpaired) electrons. The van der Waals surface area contributed by atoms with Crippen LogP contribution in [0.4, 0.5) is 10.8 Å². The van der Waals surface area contributed by atoms with E-state index in [1.807, 2.05) is 18.2 Å². The molecule has 1 N–H and O–H groups in total. The van der Waals surface area contributed by atoms with Crippen LogP contribution in [0.5, 0.6) is 0 Å². The summed E-state index contributed by atoms with van der Waals surface area (Å²) in [5.74, 6) is 0.534. The van der Waals surface area contributed by atoms with E-state index in [9.17, 15) is 4.79 Å². The molecule has 4 rings (SSSR count). The van der Waals surface area contributed by atoms with Gasteiger partial charge in [0.05, 0.1) is 5.39 Å². The van der Waals surface area contributed by atoms with Crippen molar-refractivity contribution in [1.82, 2.24) is 19.6 Å². The topological polar surface area (TPSA) is 83.9 Å². The maximum Gasteiger partial charge on any atom is 0.276 e. The Labute approximate surface area is 136 Å². The number of aromatic nitrogens is 4. The first-order valence-corrected chi connectivity index (χ1v) is 8.19. The Hall–Kier alpha value is -2.61. The maximum absolute atomic E-state index is 12.3. The number of amides is 1. The minimum Gasteiger partial charge on any atom is -0.355 e. The summed E-state index contributed by atoms with van der Waals surface area (Å²) in [4.78, 5) is 18.6. The number of nitrogens with one attached hydrogen (secondary N) is 1. The molecule has 116 valence electrons. The van der Waals surface area contributed by atoms with E-state index in [0.29, 0.717) is 16.3 Å². The van der Waals surface area contributed by atoms with Gasteiger partial charge in [-0.2, -0.15) is 4.37 Å². The highest BCUT2D eigenvalue weighted by molar-refractivity contribution is 7.12. The number of hydrogen-bond donors (Lipinski definition) is 1. The molecule has 3 aromatic heterocycles. The van der Waals surface area contributed by atoms with Crippen molar-refractivity contribution in [2.24, 2.45) is 0 Å². The Morgan fingerprint density at radius 2 is 2.04 bits per heavy atom. The van der Waals surface area contributed by atoms with Crippen LogP contribution in [0.1, 0.15) is 23.3 Å². The van der Waals surface area contributed by atoms with Crippen LogP contribution in [0.2, 0.25) is 0 Å². The first-order chi connectivity index (χ1) is 11.3. The molecule has 1 aliphatic heterocycles. The number of nitrogens with zero attached hydrogens (tertiary/aromatic N) is 5. The lowest BCUT2D eigenvalue weighted by molar-refractivity contribution is 0.102. The van der Waals surface area contributed by atoms with E-state index in [1.165, 1.54) is 24.4 Å². The molecule has 1 aliphatic rings. The number of anilines is 2. The van der Waals surface area contributed by atoms with Crippen LogP contribution < -0.4 is 10.2 Å². The van der Waals surface area contributed by atoms with Gasteiger partial charge in [-0.15, -0.1) is 10.2 Å². The number of hydrogen-bond acceptors (Lipinski definition) is 7. The SMILES string of the molecule is O=C(Nc1snc2ncccc12)c1ccc(N2CCCC2)nn1. The standard InChI is InChI=1S/C15H14N6OS/c22-14(17-15-10-4-3-7-16-13(10)20-23-15)11-5-6-12(19-18-11)21-8-1-2-9-21/h3-7H,1-2,8-9H2,(H,17,22). The summed E-state index contributed by atoms with van der Waals surface area (Å²) in [6.45, 7) is 2.00. The molecule has 0 saturated carbocycles. The Morgan fingerprint density at radius 1 is 1.17 bits per heavy atom. The lowest BCUT2D eigenvalue weighted by Gasteiger charge is -2.15. The van der Waals surface area contributed by atoms with Gasteiger partial charge in [0, 0.05) is 19.3 Å². The molecule has 23 heavy (non-hydrogen) atoms. The van der Waals surface area contributed by atoms with Gasteiger partial charge in [-0.3, -0.25) is 4.79 Å². The molecule has 0 spiro atoms. The Morgan fingerprint density at radius 3 is 2.83 bits per heavy atom. The molecule has 0 atom stereocenters. The molecule has 0 aliphatic carbocycles. The number of carbonyl (C=O) groups is 1. The second-order valence-electron chi connectivity index (χ2n) is 5.31. The summed E-state index contributed by atoms with van der Waals surface area (Å²) in [6, 6.07) is 7.25. The Kier molecular flexibility index (Phi) is 3.58. The summed E-state index contributed by atoms with van der Waals surface area (Å²) >= 11 is 1.21. The largest absolute Gasteiger partial charge is 0.355 e. The molecular formula is C15H14N6OS. The van der Waals surface area contributed by atoms with E-state index in [1.54, 1.807) is 12.3 Å². The fraction of sp³-hybridized carbons (Fsp3) is 0.267. The van der Waals surface area contributed by atoms with Crippen molar-refractivity contribution in [2.45, 2.75) is 12.8 Å². The summed E-state index contributed by atoms with van der Waals surface area (Å²) in [6.07, 6.45) is 4.03. The Bertz CT molecular complexity index is 841. The second-order valence-corrected chi connectivity index (χ2v) is 6.08. The van der Waals surface area contributed by atoms with Crippen LogP contribution >= 0.6 is 11.5 Å². The fourth-order valence-corrected chi connectivity index (χ4v) is 3.32. The van der Waals surface area contributed by atoms with Gasteiger partial charge in [0.2, 0.25) is 0 Å². The first-order valence-electron chi connectivity index (χ1n) is 7.42. The molecule has 0 aromatic carbocycles. The van der Waals surface area contributed by atoms with E-state index in [4.69, 9.17) is 0 Å². The van der Waals surface area contributed by atoms with Crippen LogP contribution in [-0.2, 0) is 0 Å². The molecular weight excluding hydrogens is 312 g/mol. The zero-order chi connectivity index (χ0) is 15.6. The quantitative estimate of drug-likeness (QED) is 0.795. The summed E-state index contributed by atoms with van der Waals surface area (Å²) < 4.78 is 4.20. The van der Waals surface area contributed by atoms with Crippen molar-refractivity contribution in [3.05, 3.63) is 36.2 Å². The lowest BCUT2D eigenvalue weighted by atomic mass is 10.3. The normalized spacial score (nSPS) is 14.3. The molecule has 1 fully saturated rings. The smallest absolute Gasteiger partial charge is 0.276 e. The van der Waals surface area contributed by atoms with Crippen LogP contribution in [-0.4, -0.2) is 38.6 Å². The third-order valence-electron chi connectivity index (χ3n) is 3.79. The van der Waals surface area contributed by atoms with Gasteiger partial charge in [0.15, 0.2) is 17.2 Å². The number of carbonyl (C=O) groups excluding carboxylic acids is 1. The molecule has 1 amide bonds. The number of pyridine rings is 1. The van der Waals surface area contributed by atoms with Crippen LogP contribution in [0.15, 0.2) is 30.5 Å². The molecule has 0 bridgehead atoms. The van der Waals surface area contributed by atoms with E-state index in [0.717, 1.165) is 24.3 Å². The number of rotatable bonds is 3. The molecule has 3 aromatic rings. The minimum atomic E-state index is -0.292. The molecule has 8 heteroatoms. The average Bonchev–Trinajstić information content (AvgIpc) is 3.25. The van der Waals surface area contributed by atoms with Crippen molar-refractivity contribution >= 4 is 39.3 Å². The second kappa shape index (κ2) is 5.88. The average molecular weight is 326 g/mol. The zero-order valence-corrected chi connectivity index (χ0v) is 13.1. The molecule has 0 unspecified atom stereocenters. The zero-order valence-electron chi connectivity index (χ0n) is 12.3. The van der Waals surface area contributed by atoms with Gasteiger partial charge in [-0.1, -0.05) is 0 Å². The maximum atomic E-state index is 12.3. The van der Waals surface area contributed by atoms with Crippen molar-refractivity contribution in [3.8, 4) is 0 Å². The van der Waals surface area contributed by atoms with Crippen LogP contribution in [0.25, 0.3) is 11.0 Å². The lowest BCUT2D eigenvalue weighted by Crippen LogP contribution is -2.20. The van der Waals surface area contributed by atoms with E-state index in [-0.39, 0.29) is 5.91 Å². The van der Waals surface area contributed by atoms with E-state index >= 15 is 0 Å². The van der Waals surface area contributed by atoms with Gasteiger partial charge in [0.1, 0.15) is 5.00 Å². The van der Waals surface area contributed by atoms with Crippen LogP contribution in [0, 0.1) is 0 Å². The van der Waals surface area contributed by atoms with Crippen molar-refractivity contribution in [2.75, 3.05) is 23.3 Å². The summed E-state index contributed by atoms with van der Waals surface area (Å²) in [5, 5.41) is 12.5. The summed E-state index contributed by atoms with van der Waals surface area (Å²) in [7, 11) is 0. The predicted molar refractivity (Wildman–Crippen MR) is 88.8 cm³/mol. The highest BCUT2D eigenvalue weighted by Crippen LogP contribution is 2.26. The molecule has 4 heterocycles. The van der Waals surface area contributed by atoms with E-state index in [2.05, 4.69) is 29.8 Å². The van der Waals surface area contributed by atoms with Gasteiger partial charge >= 0.3 is 0 Å². The van der Waals surface area contributed by atoms with Crippen LogP contribution in [0.3, 0.4) is 0 Å². The van der Waals surface area contributed by atoms with Gasteiger partial charge < -0.3 is 10.2 Å². The molecule has 7 nitrogen and oxygen atoms in total. The minimum absolute atomic E-state index is 0.290.